The van der Waals surface area contributed by atoms with E-state index in [0.717, 1.165) is 12.5 Å². The summed E-state index contributed by atoms with van der Waals surface area (Å²) in [5.41, 5.74) is 0. The van der Waals surface area contributed by atoms with Gasteiger partial charge in [-0.05, 0) is 0 Å². The van der Waals surface area contributed by atoms with Gasteiger partial charge in [0, 0.05) is 13.3 Å². The van der Waals surface area contributed by atoms with Gasteiger partial charge in [-0.15, -0.1) is 0 Å². The molecule has 72 valence electrons. The van der Waals surface area contributed by atoms with E-state index in [-0.39, 0.29) is 5.82 Å². The van der Waals surface area contributed by atoms with E-state index >= 15 is 0 Å². The molecule has 0 radical (unpaired) electrons. The number of sulfone groups is 1. The molecule has 1 aromatic heterocycles. The lowest BCUT2D eigenvalue weighted by atomic mass is 10.5. The molecule has 13 heavy (non-hydrogen) atoms. The fourth-order valence-corrected chi connectivity index (χ4v) is 1.21. The molecule has 0 bridgehead atoms. The summed E-state index contributed by atoms with van der Waals surface area (Å²) in [6.45, 7) is 0. The molecule has 0 atom stereocenters. The first kappa shape index (κ1) is 9.85. The predicted molar refractivity (Wildman–Crippen MR) is 44.6 cm³/mol. The van der Waals surface area contributed by atoms with Crippen LogP contribution in [0.3, 0.4) is 0 Å². The van der Waals surface area contributed by atoms with E-state index in [1.165, 1.54) is 7.05 Å². The molecule has 0 unspecified atom stereocenters. The van der Waals surface area contributed by atoms with Crippen molar-refractivity contribution in [2.45, 2.75) is 5.16 Å². The van der Waals surface area contributed by atoms with Gasteiger partial charge in [0.15, 0.2) is 11.6 Å². The molecule has 0 aliphatic heterocycles. The molecule has 7 heteroatoms. The second-order valence-electron chi connectivity index (χ2n) is 2.37. The van der Waals surface area contributed by atoms with E-state index in [0.29, 0.717) is 0 Å². The summed E-state index contributed by atoms with van der Waals surface area (Å²) in [6.07, 6.45) is 1.77. The first-order chi connectivity index (χ1) is 5.95. The Kier molecular flexibility index (Phi) is 2.46. The lowest BCUT2D eigenvalue weighted by Crippen LogP contribution is -2.07. The zero-order chi connectivity index (χ0) is 10.1. The highest BCUT2D eigenvalue weighted by molar-refractivity contribution is 7.90. The average Bonchev–Trinajstić information content (AvgIpc) is 2.03. The first-order valence-electron chi connectivity index (χ1n) is 3.35. The van der Waals surface area contributed by atoms with Gasteiger partial charge in [-0.1, -0.05) is 0 Å². The van der Waals surface area contributed by atoms with E-state index in [2.05, 4.69) is 15.3 Å². The van der Waals surface area contributed by atoms with Crippen molar-refractivity contribution < 1.29 is 12.8 Å². The van der Waals surface area contributed by atoms with E-state index in [1.807, 2.05) is 0 Å². The van der Waals surface area contributed by atoms with Crippen LogP contribution in [0.25, 0.3) is 0 Å². The molecule has 0 aromatic carbocycles. The third kappa shape index (κ3) is 2.11. The monoisotopic (exact) mass is 205 g/mol. The Morgan fingerprint density at radius 1 is 1.54 bits per heavy atom. The molecule has 1 N–H and O–H groups in total. The summed E-state index contributed by atoms with van der Waals surface area (Å²) in [5, 5.41) is 2.03. The number of nitrogens with zero attached hydrogens (tertiary/aromatic N) is 2. The van der Waals surface area contributed by atoms with Gasteiger partial charge in [-0.25, -0.2) is 17.8 Å². The minimum absolute atomic E-state index is 0.129. The standard InChI is InChI=1S/C6H8FN3O2S/c1-8-5-4(7)3-9-6(10-5)13(2,11)12/h3H,1-2H3,(H,8,9,10). The van der Waals surface area contributed by atoms with Gasteiger partial charge in [0.1, 0.15) is 0 Å². The highest BCUT2D eigenvalue weighted by atomic mass is 32.2. The Morgan fingerprint density at radius 2 is 2.15 bits per heavy atom. The molecule has 0 saturated heterocycles. The van der Waals surface area contributed by atoms with Crippen LogP contribution in [0.5, 0.6) is 0 Å². The van der Waals surface area contributed by atoms with Crippen LogP contribution in [0, 0.1) is 5.82 Å². The van der Waals surface area contributed by atoms with Crippen LogP contribution < -0.4 is 5.32 Å². The molecule has 0 aliphatic rings. The number of hydrogen-bond donors (Lipinski definition) is 1. The number of nitrogens with one attached hydrogen (secondary N) is 1. The van der Waals surface area contributed by atoms with Crippen molar-refractivity contribution in [3.05, 3.63) is 12.0 Å². The van der Waals surface area contributed by atoms with Crippen molar-refractivity contribution in [1.82, 2.24) is 9.97 Å². The Labute approximate surface area is 74.9 Å². The van der Waals surface area contributed by atoms with E-state index in [1.54, 1.807) is 0 Å². The van der Waals surface area contributed by atoms with Crippen LogP contribution >= 0.6 is 0 Å². The molecule has 1 rings (SSSR count). The summed E-state index contributed by atoms with van der Waals surface area (Å²) in [5.74, 6) is -0.815. The zero-order valence-corrected chi connectivity index (χ0v) is 7.89. The summed E-state index contributed by atoms with van der Waals surface area (Å²) in [4.78, 5) is 6.82. The number of halogens is 1. The Balaban J connectivity index is 3.30. The Hall–Kier alpha value is -1.24. The third-order valence-electron chi connectivity index (χ3n) is 1.29. The predicted octanol–water partition coefficient (Wildman–Crippen LogP) is 0.0609. The second-order valence-corrected chi connectivity index (χ2v) is 4.28. The van der Waals surface area contributed by atoms with Gasteiger partial charge in [-0.3, -0.25) is 0 Å². The van der Waals surface area contributed by atoms with Gasteiger partial charge in [0.05, 0.1) is 6.20 Å². The Morgan fingerprint density at radius 3 is 2.62 bits per heavy atom. The van der Waals surface area contributed by atoms with Gasteiger partial charge in [0.2, 0.25) is 15.0 Å². The summed E-state index contributed by atoms with van der Waals surface area (Å²) < 4.78 is 34.7. The number of rotatable bonds is 2. The van der Waals surface area contributed by atoms with E-state index in [9.17, 15) is 12.8 Å². The fourth-order valence-electron chi connectivity index (χ4n) is 0.705. The van der Waals surface area contributed by atoms with Crippen LogP contribution in [0.4, 0.5) is 10.2 Å². The van der Waals surface area contributed by atoms with E-state index < -0.39 is 20.8 Å². The van der Waals surface area contributed by atoms with Crippen molar-refractivity contribution >= 4 is 15.7 Å². The molecule has 0 saturated carbocycles. The average molecular weight is 205 g/mol. The minimum atomic E-state index is -3.48. The molecule has 0 spiro atoms. The lowest BCUT2D eigenvalue weighted by Gasteiger charge is -2.01. The smallest absolute Gasteiger partial charge is 0.248 e. The highest BCUT2D eigenvalue weighted by Crippen LogP contribution is 2.10. The highest BCUT2D eigenvalue weighted by Gasteiger charge is 2.13. The Bertz CT molecular complexity index is 418. The molecule has 5 nitrogen and oxygen atoms in total. The second kappa shape index (κ2) is 3.25. The maximum absolute atomic E-state index is 12.8. The molecular formula is C6H8FN3O2S. The van der Waals surface area contributed by atoms with Gasteiger partial charge in [0.25, 0.3) is 0 Å². The number of anilines is 1. The topological polar surface area (TPSA) is 72.0 Å². The molecule has 0 amide bonds. The first-order valence-corrected chi connectivity index (χ1v) is 5.24. The fraction of sp³-hybridized carbons (Fsp3) is 0.333. The molecule has 0 fully saturated rings. The third-order valence-corrected chi connectivity index (χ3v) is 2.15. The minimum Gasteiger partial charge on any atom is -0.371 e. The SMILES string of the molecule is CNc1nc(S(C)(=O)=O)ncc1F. The molecule has 0 aliphatic carbocycles. The molecular weight excluding hydrogens is 197 g/mol. The summed E-state index contributed by atoms with van der Waals surface area (Å²) in [7, 11) is -2.04. The zero-order valence-electron chi connectivity index (χ0n) is 7.07. The summed E-state index contributed by atoms with van der Waals surface area (Å²) in [6, 6.07) is 0. The van der Waals surface area contributed by atoms with Gasteiger partial charge in [-0.2, -0.15) is 4.98 Å². The number of hydrogen-bond acceptors (Lipinski definition) is 5. The van der Waals surface area contributed by atoms with Crippen molar-refractivity contribution in [2.24, 2.45) is 0 Å². The van der Waals surface area contributed by atoms with Crippen molar-refractivity contribution in [3.8, 4) is 0 Å². The lowest BCUT2D eigenvalue weighted by molar-refractivity contribution is 0.583. The van der Waals surface area contributed by atoms with Gasteiger partial charge >= 0.3 is 0 Å². The van der Waals surface area contributed by atoms with Gasteiger partial charge < -0.3 is 5.32 Å². The summed E-state index contributed by atoms with van der Waals surface area (Å²) >= 11 is 0. The molecule has 1 aromatic rings. The van der Waals surface area contributed by atoms with Crippen molar-refractivity contribution in [1.29, 1.82) is 0 Å². The largest absolute Gasteiger partial charge is 0.371 e. The van der Waals surface area contributed by atoms with Crippen LogP contribution in [-0.2, 0) is 9.84 Å². The van der Waals surface area contributed by atoms with Crippen molar-refractivity contribution in [2.75, 3.05) is 18.6 Å². The van der Waals surface area contributed by atoms with Crippen LogP contribution in [-0.4, -0.2) is 31.7 Å². The van der Waals surface area contributed by atoms with Crippen LogP contribution in [0.1, 0.15) is 0 Å². The quantitative estimate of drug-likeness (QED) is 0.691. The maximum Gasteiger partial charge on any atom is 0.248 e. The van der Waals surface area contributed by atoms with E-state index in [4.69, 9.17) is 0 Å². The number of aromatic nitrogens is 2. The molecule has 1 heterocycles. The maximum atomic E-state index is 12.8. The normalized spacial score (nSPS) is 11.3. The van der Waals surface area contributed by atoms with Crippen LogP contribution in [0.2, 0.25) is 0 Å². The van der Waals surface area contributed by atoms with Crippen molar-refractivity contribution in [3.63, 3.8) is 0 Å². The van der Waals surface area contributed by atoms with Crippen LogP contribution in [0.15, 0.2) is 11.4 Å².